The summed E-state index contributed by atoms with van der Waals surface area (Å²) in [4.78, 5) is 50.6. The Morgan fingerprint density at radius 1 is 1.22 bits per heavy atom. The molecule has 3 amide bonds. The number of H-pyrrole nitrogens is 1. The number of likely N-dealkylation sites (tertiary alicyclic amines) is 1. The predicted molar refractivity (Wildman–Crippen MR) is 113 cm³/mol. The van der Waals surface area contributed by atoms with Crippen LogP contribution in [0.25, 0.3) is 0 Å². The van der Waals surface area contributed by atoms with Gasteiger partial charge < -0.3 is 20.2 Å². The molecule has 4 fully saturated rings. The summed E-state index contributed by atoms with van der Waals surface area (Å²) in [6.45, 7) is 1.57. The highest BCUT2D eigenvalue weighted by molar-refractivity contribution is 5.93. The maximum atomic E-state index is 12.9. The van der Waals surface area contributed by atoms with Gasteiger partial charge in [-0.15, -0.1) is 0 Å². The number of hydrogen-bond acceptors (Lipinski definition) is 5. The van der Waals surface area contributed by atoms with Crippen molar-refractivity contribution in [2.45, 2.75) is 57.0 Å². The van der Waals surface area contributed by atoms with Crippen molar-refractivity contribution in [3.05, 3.63) is 18.0 Å². The second-order valence-electron chi connectivity index (χ2n) is 9.26. The molecule has 1 aromatic heterocycles. The molecule has 4 aliphatic rings. The number of hydrogen-bond donors (Lipinski definition) is 3. The van der Waals surface area contributed by atoms with Crippen molar-refractivity contribution in [3.8, 4) is 0 Å². The lowest BCUT2D eigenvalue weighted by atomic mass is 9.72. The molecule has 4 atom stereocenters. The van der Waals surface area contributed by atoms with Gasteiger partial charge >= 0.3 is 0 Å². The van der Waals surface area contributed by atoms with Crippen LogP contribution in [0.4, 0.5) is 0 Å². The van der Waals surface area contributed by atoms with Gasteiger partial charge in [0, 0.05) is 44.2 Å². The fraction of sp³-hybridized carbons (Fsp3) is 0.682. The van der Waals surface area contributed by atoms with Crippen LogP contribution >= 0.6 is 0 Å². The quantitative estimate of drug-likeness (QED) is 0.589. The topological polar surface area (TPSA) is 136 Å². The van der Waals surface area contributed by atoms with Gasteiger partial charge in [-0.05, 0) is 43.9 Å². The summed E-state index contributed by atoms with van der Waals surface area (Å²) in [5.74, 6) is 0.998. The number of fused-ring (bicyclic) bond motifs is 4. The number of piperidine rings is 3. The number of aromatic nitrogens is 2. The lowest BCUT2D eigenvalue weighted by molar-refractivity contribution is -0.152. The van der Waals surface area contributed by atoms with Gasteiger partial charge in [-0.25, -0.2) is 0 Å². The zero-order chi connectivity index (χ0) is 22.7. The molecule has 0 radical (unpaired) electrons. The number of nitrogens with one attached hydrogen (secondary N) is 2. The Morgan fingerprint density at radius 2 is 1.97 bits per heavy atom. The van der Waals surface area contributed by atoms with E-state index in [4.69, 9.17) is 9.90 Å². The van der Waals surface area contributed by atoms with Gasteiger partial charge in [-0.2, -0.15) is 5.10 Å². The van der Waals surface area contributed by atoms with Crippen molar-refractivity contribution < 1.29 is 24.3 Å². The van der Waals surface area contributed by atoms with Crippen LogP contribution in [0.15, 0.2) is 12.4 Å². The van der Waals surface area contributed by atoms with E-state index in [1.807, 2.05) is 4.90 Å². The maximum Gasteiger partial charge on any atom is 0.290 e. The number of aromatic amines is 1. The number of carboxylic acid groups (broad SMARTS) is 1. The highest BCUT2D eigenvalue weighted by Crippen LogP contribution is 2.41. The summed E-state index contributed by atoms with van der Waals surface area (Å²) < 4.78 is 0. The van der Waals surface area contributed by atoms with E-state index < -0.39 is 0 Å². The fourth-order valence-corrected chi connectivity index (χ4v) is 5.77. The van der Waals surface area contributed by atoms with Crippen LogP contribution in [-0.4, -0.2) is 81.0 Å². The van der Waals surface area contributed by atoms with Crippen molar-refractivity contribution in [2.75, 3.05) is 19.6 Å². The minimum Gasteiger partial charge on any atom is -0.483 e. The predicted octanol–water partition coefficient (Wildman–Crippen LogP) is 0.868. The van der Waals surface area contributed by atoms with Gasteiger partial charge in [0.05, 0.1) is 17.8 Å². The smallest absolute Gasteiger partial charge is 0.290 e. The average molecular weight is 446 g/mol. The normalized spacial score (nSPS) is 29.2. The lowest BCUT2D eigenvalue weighted by Gasteiger charge is -2.56. The van der Waals surface area contributed by atoms with E-state index in [1.165, 1.54) is 0 Å². The summed E-state index contributed by atoms with van der Waals surface area (Å²) in [7, 11) is 0. The number of rotatable bonds is 4. The number of carbonyl (C=O) groups excluding carboxylic acids is 3. The highest BCUT2D eigenvalue weighted by Gasteiger charge is 2.50. The molecule has 1 saturated carbocycles. The van der Waals surface area contributed by atoms with E-state index in [-0.39, 0.29) is 48.1 Å². The zero-order valence-corrected chi connectivity index (χ0v) is 18.1. The summed E-state index contributed by atoms with van der Waals surface area (Å²) in [5, 5.41) is 16.6. The molecule has 32 heavy (non-hydrogen) atoms. The van der Waals surface area contributed by atoms with E-state index in [9.17, 15) is 14.4 Å². The molecule has 3 N–H and O–H groups in total. The van der Waals surface area contributed by atoms with Gasteiger partial charge in [-0.1, -0.05) is 6.42 Å². The average Bonchev–Trinajstić information content (AvgIpc) is 3.27. The van der Waals surface area contributed by atoms with Crippen molar-refractivity contribution in [3.63, 3.8) is 0 Å². The molecule has 0 spiro atoms. The Hall–Kier alpha value is -2.91. The molecule has 0 aromatic carbocycles. The van der Waals surface area contributed by atoms with Gasteiger partial charge in [-0.3, -0.25) is 24.3 Å². The maximum absolute atomic E-state index is 12.9. The van der Waals surface area contributed by atoms with Crippen LogP contribution in [0.3, 0.4) is 0 Å². The summed E-state index contributed by atoms with van der Waals surface area (Å²) in [5.41, 5.74) is 0.580. The Bertz CT molecular complexity index is 840. The Balaban J connectivity index is 0.000000775. The van der Waals surface area contributed by atoms with Gasteiger partial charge in [0.1, 0.15) is 0 Å². The molecule has 3 aliphatic heterocycles. The highest BCUT2D eigenvalue weighted by atomic mass is 16.3. The van der Waals surface area contributed by atoms with Crippen LogP contribution in [0.5, 0.6) is 0 Å². The molecule has 1 aromatic rings. The molecule has 5 rings (SSSR count). The van der Waals surface area contributed by atoms with E-state index in [1.54, 1.807) is 12.4 Å². The molecule has 0 unspecified atom stereocenters. The zero-order valence-electron chi connectivity index (χ0n) is 18.1. The fourth-order valence-electron chi connectivity index (χ4n) is 5.77. The SMILES string of the molecule is O=C(NC[C@H]1[C@H]2C[C@H](CN(C(=O)c3cn[nH]c3)C2)[C@@H]2CCCC(=O)N21)C1CCC1.O=CO. The van der Waals surface area contributed by atoms with E-state index in [2.05, 4.69) is 20.4 Å². The second-order valence-corrected chi connectivity index (χ2v) is 9.26. The molecule has 3 saturated heterocycles. The molecular formula is C22H31N5O5. The van der Waals surface area contributed by atoms with Crippen LogP contribution in [0.2, 0.25) is 0 Å². The van der Waals surface area contributed by atoms with Crippen LogP contribution in [-0.2, 0) is 14.4 Å². The first-order valence-corrected chi connectivity index (χ1v) is 11.5. The van der Waals surface area contributed by atoms with Crippen LogP contribution in [0, 0.1) is 17.8 Å². The molecule has 174 valence electrons. The van der Waals surface area contributed by atoms with Crippen molar-refractivity contribution in [1.82, 2.24) is 25.3 Å². The summed E-state index contributed by atoms with van der Waals surface area (Å²) in [6.07, 6.45) is 9.80. The van der Waals surface area contributed by atoms with Crippen LogP contribution < -0.4 is 5.32 Å². The van der Waals surface area contributed by atoms with Crippen molar-refractivity contribution >= 4 is 24.2 Å². The third-order valence-electron chi connectivity index (χ3n) is 7.49. The second kappa shape index (κ2) is 9.70. The monoisotopic (exact) mass is 445 g/mol. The van der Waals surface area contributed by atoms with Gasteiger partial charge in [0.25, 0.3) is 12.4 Å². The molecule has 4 heterocycles. The third-order valence-corrected chi connectivity index (χ3v) is 7.49. The minimum atomic E-state index is -0.250. The molecule has 10 nitrogen and oxygen atoms in total. The Labute approximate surface area is 186 Å². The molecular weight excluding hydrogens is 414 g/mol. The Kier molecular flexibility index (Phi) is 6.76. The van der Waals surface area contributed by atoms with Crippen molar-refractivity contribution in [1.29, 1.82) is 0 Å². The molecule has 1 aliphatic carbocycles. The van der Waals surface area contributed by atoms with Gasteiger partial charge in [0.15, 0.2) is 0 Å². The first-order valence-electron chi connectivity index (χ1n) is 11.5. The summed E-state index contributed by atoms with van der Waals surface area (Å²) in [6, 6.07) is 0.158. The van der Waals surface area contributed by atoms with Crippen molar-refractivity contribution in [2.24, 2.45) is 17.8 Å². The number of nitrogens with zero attached hydrogens (tertiary/aromatic N) is 3. The third kappa shape index (κ3) is 4.35. The van der Waals surface area contributed by atoms with Crippen LogP contribution in [0.1, 0.15) is 55.3 Å². The lowest BCUT2D eigenvalue weighted by Crippen LogP contribution is -2.67. The number of amides is 3. The largest absolute Gasteiger partial charge is 0.483 e. The Morgan fingerprint density at radius 3 is 2.62 bits per heavy atom. The first kappa shape index (κ1) is 22.3. The first-order chi connectivity index (χ1) is 15.5. The van der Waals surface area contributed by atoms with E-state index >= 15 is 0 Å². The van der Waals surface area contributed by atoms with Gasteiger partial charge in [0.2, 0.25) is 11.8 Å². The van der Waals surface area contributed by atoms with E-state index in [0.717, 1.165) is 38.5 Å². The summed E-state index contributed by atoms with van der Waals surface area (Å²) >= 11 is 0. The number of carbonyl (C=O) groups is 4. The molecule has 2 bridgehead atoms. The standard InChI is InChI=1S/C21H29N5O3.CH2O2/c27-19-6-2-5-17-14-7-15(12-25(11-14)21(29)16-8-23-24-9-16)18(26(17)19)10-22-20(28)13-3-1-4-13;2-1-3/h8-9,13-15,17-18H,1-7,10-12H2,(H,22,28)(H,23,24);1H,(H,2,3)/t14-,15+,17+,18+;/m1./s1. The van der Waals surface area contributed by atoms with E-state index in [0.29, 0.717) is 37.5 Å². The molecule has 10 heteroatoms. The minimum absolute atomic E-state index is 0.00119.